The molecule has 0 fully saturated rings. The molecule has 0 saturated heterocycles. The lowest BCUT2D eigenvalue weighted by Gasteiger charge is -2.33. The molecule has 3 aromatic rings. The average Bonchev–Trinajstić information content (AvgIpc) is 3.27. The van der Waals surface area contributed by atoms with Gasteiger partial charge in [-0.25, -0.2) is 0 Å². The molecule has 0 saturated carbocycles. The van der Waals surface area contributed by atoms with Gasteiger partial charge in [0.05, 0.1) is 11.4 Å². The molecular weight excluding hydrogens is 520 g/mol. The number of benzene rings is 2. The van der Waals surface area contributed by atoms with Gasteiger partial charge in [0.15, 0.2) is 0 Å². The maximum absolute atomic E-state index is 4.90. The molecule has 0 N–H and O–H groups in total. The zero-order valence-electron chi connectivity index (χ0n) is 28.6. The first-order chi connectivity index (χ1) is 21.0. The van der Waals surface area contributed by atoms with E-state index >= 15 is 0 Å². The van der Waals surface area contributed by atoms with E-state index in [0.717, 1.165) is 37.1 Å². The van der Waals surface area contributed by atoms with E-state index in [1.807, 2.05) is 0 Å². The molecule has 2 nitrogen and oxygen atoms in total. The molecule has 0 radical (unpaired) electrons. The monoisotopic (exact) mass is 580 g/mol. The van der Waals surface area contributed by atoms with E-state index in [1.54, 1.807) is 11.1 Å². The van der Waals surface area contributed by atoms with Gasteiger partial charge in [-0.1, -0.05) is 153 Å². The highest BCUT2D eigenvalue weighted by molar-refractivity contribution is 5.84. The van der Waals surface area contributed by atoms with Gasteiger partial charge < -0.3 is 0 Å². The number of hydrogen-bond donors (Lipinski definition) is 0. The molecule has 2 heteroatoms. The van der Waals surface area contributed by atoms with Crippen LogP contribution in [0.25, 0.3) is 22.4 Å². The van der Waals surface area contributed by atoms with Crippen molar-refractivity contribution < 1.29 is 0 Å². The molecule has 4 rings (SSSR count). The van der Waals surface area contributed by atoms with Crippen LogP contribution >= 0.6 is 0 Å². The van der Waals surface area contributed by atoms with Crippen molar-refractivity contribution in [2.75, 3.05) is 0 Å². The summed E-state index contributed by atoms with van der Waals surface area (Å²) in [5.41, 5.74) is 13.9. The highest BCUT2D eigenvalue weighted by Crippen LogP contribution is 2.55. The van der Waals surface area contributed by atoms with Crippen LogP contribution in [-0.4, -0.2) is 10.2 Å². The molecule has 1 aliphatic carbocycles. The maximum Gasteiger partial charge on any atom is 0.0964 e. The number of fused-ring (bicyclic) bond motifs is 3. The molecule has 0 unspecified atom stereocenters. The Morgan fingerprint density at radius 3 is 1.67 bits per heavy atom. The summed E-state index contributed by atoms with van der Waals surface area (Å²) in [6.45, 7) is 13.6. The molecular formula is C41H60N2. The van der Waals surface area contributed by atoms with Crippen LogP contribution in [0.1, 0.15) is 164 Å². The van der Waals surface area contributed by atoms with Crippen molar-refractivity contribution in [2.24, 2.45) is 0 Å². The van der Waals surface area contributed by atoms with Gasteiger partial charge in [-0.3, -0.25) is 0 Å². The Morgan fingerprint density at radius 2 is 1.07 bits per heavy atom. The molecule has 234 valence electrons. The van der Waals surface area contributed by atoms with E-state index < -0.39 is 0 Å². The van der Waals surface area contributed by atoms with Crippen molar-refractivity contribution in [3.05, 3.63) is 69.9 Å². The van der Waals surface area contributed by atoms with Crippen molar-refractivity contribution in [3.8, 4) is 22.4 Å². The fourth-order valence-electron chi connectivity index (χ4n) is 7.77. The summed E-state index contributed by atoms with van der Waals surface area (Å²) >= 11 is 0. The lowest BCUT2D eigenvalue weighted by molar-refractivity contribution is 0.398. The minimum absolute atomic E-state index is 0.0947. The second-order valence-electron chi connectivity index (χ2n) is 13.5. The number of nitrogens with zero attached hydrogens (tertiary/aromatic N) is 2. The van der Waals surface area contributed by atoms with E-state index in [9.17, 15) is 0 Å². The third-order valence-electron chi connectivity index (χ3n) is 10.1. The molecule has 2 aromatic carbocycles. The summed E-state index contributed by atoms with van der Waals surface area (Å²) in [5, 5.41) is 9.62. The molecule has 0 aliphatic heterocycles. The Morgan fingerprint density at radius 1 is 0.535 bits per heavy atom. The lowest BCUT2D eigenvalue weighted by atomic mass is 9.70. The minimum Gasteiger partial charge on any atom is -0.155 e. The summed E-state index contributed by atoms with van der Waals surface area (Å²) in [6, 6.07) is 14.6. The summed E-state index contributed by atoms with van der Waals surface area (Å²) in [4.78, 5) is 0. The van der Waals surface area contributed by atoms with Crippen molar-refractivity contribution >= 4 is 0 Å². The van der Waals surface area contributed by atoms with Gasteiger partial charge in [-0.15, -0.1) is 5.10 Å². The van der Waals surface area contributed by atoms with Crippen LogP contribution in [0.5, 0.6) is 0 Å². The SMILES string of the molecule is CCCCCCCCC1(CCCCCCCC)c2cc(C)ccc2-c2ccc(-c3nnc(C)c(CCC)c3CCC)cc21. The first-order valence-corrected chi connectivity index (χ1v) is 18.1. The lowest BCUT2D eigenvalue weighted by Crippen LogP contribution is -2.26. The Bertz CT molecular complexity index is 1290. The number of aryl methyl sites for hydroxylation is 2. The molecule has 43 heavy (non-hydrogen) atoms. The van der Waals surface area contributed by atoms with Crippen LogP contribution in [0, 0.1) is 13.8 Å². The van der Waals surface area contributed by atoms with Crippen molar-refractivity contribution in [1.82, 2.24) is 10.2 Å². The van der Waals surface area contributed by atoms with Crippen LogP contribution in [0.2, 0.25) is 0 Å². The smallest absolute Gasteiger partial charge is 0.0964 e. The van der Waals surface area contributed by atoms with Crippen LogP contribution < -0.4 is 0 Å². The number of aromatic nitrogens is 2. The van der Waals surface area contributed by atoms with Gasteiger partial charge in [0, 0.05) is 11.0 Å². The highest BCUT2D eigenvalue weighted by atomic mass is 15.1. The minimum atomic E-state index is 0.0947. The Hall–Kier alpha value is -2.48. The Kier molecular flexibility index (Phi) is 12.9. The standard InChI is InChI=1S/C41H60N2/c1-7-11-13-15-17-19-27-41(28-20-18-16-14-12-8-2)38-29-31(5)23-25-35(38)36-26-24-33(30-39(36)41)40-37(22-10-4)34(21-9-3)32(6)42-43-40/h23-26,29-30H,7-22,27-28H2,1-6H3. The second kappa shape index (κ2) is 16.6. The summed E-state index contributed by atoms with van der Waals surface area (Å²) in [6.07, 6.45) is 23.1. The van der Waals surface area contributed by atoms with Crippen molar-refractivity contribution in [2.45, 2.75) is 163 Å². The molecule has 0 atom stereocenters. The van der Waals surface area contributed by atoms with Crippen LogP contribution in [0.4, 0.5) is 0 Å². The predicted molar refractivity (Wildman–Crippen MR) is 187 cm³/mol. The highest BCUT2D eigenvalue weighted by Gasteiger charge is 2.42. The van der Waals surface area contributed by atoms with E-state index in [-0.39, 0.29) is 5.41 Å². The molecule has 1 aromatic heterocycles. The topological polar surface area (TPSA) is 25.8 Å². The Balaban J connectivity index is 1.79. The van der Waals surface area contributed by atoms with Crippen molar-refractivity contribution in [3.63, 3.8) is 0 Å². The summed E-state index contributed by atoms with van der Waals surface area (Å²) < 4.78 is 0. The van der Waals surface area contributed by atoms with Crippen molar-refractivity contribution in [1.29, 1.82) is 0 Å². The van der Waals surface area contributed by atoms with Gasteiger partial charge in [-0.05, 0) is 79.0 Å². The molecule has 0 spiro atoms. The number of rotatable bonds is 19. The second-order valence-corrected chi connectivity index (χ2v) is 13.5. The quantitative estimate of drug-likeness (QED) is 0.132. The van der Waals surface area contributed by atoms with Crippen LogP contribution in [-0.2, 0) is 18.3 Å². The predicted octanol–water partition coefficient (Wildman–Crippen LogP) is 12.4. The first-order valence-electron chi connectivity index (χ1n) is 18.1. The Labute approximate surface area is 264 Å². The van der Waals surface area contributed by atoms with Crippen LogP contribution in [0.3, 0.4) is 0 Å². The third-order valence-corrected chi connectivity index (χ3v) is 10.1. The van der Waals surface area contributed by atoms with E-state index in [4.69, 9.17) is 10.2 Å². The largest absolute Gasteiger partial charge is 0.155 e. The van der Waals surface area contributed by atoms with E-state index in [0.29, 0.717) is 0 Å². The molecule has 1 aliphatic rings. The summed E-state index contributed by atoms with van der Waals surface area (Å²) in [5.74, 6) is 0. The van der Waals surface area contributed by atoms with Gasteiger partial charge in [-0.2, -0.15) is 5.10 Å². The first kappa shape index (κ1) is 33.4. The van der Waals surface area contributed by atoms with Gasteiger partial charge in [0.1, 0.15) is 0 Å². The summed E-state index contributed by atoms with van der Waals surface area (Å²) in [7, 11) is 0. The van der Waals surface area contributed by atoms with E-state index in [2.05, 4.69) is 77.9 Å². The fourth-order valence-corrected chi connectivity index (χ4v) is 7.77. The van der Waals surface area contributed by atoms with Gasteiger partial charge >= 0.3 is 0 Å². The molecule has 0 amide bonds. The average molecular weight is 581 g/mol. The zero-order valence-corrected chi connectivity index (χ0v) is 28.6. The normalized spacial score (nSPS) is 13.3. The van der Waals surface area contributed by atoms with Crippen LogP contribution in [0.15, 0.2) is 36.4 Å². The molecule has 0 bridgehead atoms. The van der Waals surface area contributed by atoms with E-state index in [1.165, 1.54) is 123 Å². The fraction of sp³-hybridized carbons (Fsp3) is 0.610. The van der Waals surface area contributed by atoms with Gasteiger partial charge in [0.25, 0.3) is 0 Å². The third kappa shape index (κ3) is 7.79. The number of hydrogen-bond acceptors (Lipinski definition) is 2. The molecule has 1 heterocycles. The number of unbranched alkanes of at least 4 members (excludes halogenated alkanes) is 10. The maximum atomic E-state index is 4.90. The zero-order chi connectivity index (χ0) is 30.7. The van der Waals surface area contributed by atoms with Gasteiger partial charge in [0.2, 0.25) is 0 Å².